The Morgan fingerprint density at radius 1 is 1.32 bits per heavy atom. The summed E-state index contributed by atoms with van der Waals surface area (Å²) in [7, 11) is 0. The van der Waals surface area contributed by atoms with Gasteiger partial charge in [0.2, 0.25) is 5.91 Å². The number of benzene rings is 1. The van der Waals surface area contributed by atoms with Crippen LogP contribution in [0.5, 0.6) is 0 Å². The fourth-order valence-corrected chi connectivity index (χ4v) is 1.92. The van der Waals surface area contributed by atoms with Gasteiger partial charge < -0.3 is 16.4 Å². The normalized spacial score (nSPS) is 10.7. The van der Waals surface area contributed by atoms with Crippen LogP contribution in [0.4, 0.5) is 11.4 Å². The number of carbonyl (C=O) groups excluding carboxylic acids is 1. The van der Waals surface area contributed by atoms with Crippen molar-refractivity contribution in [2.75, 3.05) is 17.6 Å². The van der Waals surface area contributed by atoms with Crippen LogP contribution < -0.4 is 16.4 Å². The van der Waals surface area contributed by atoms with Crippen LogP contribution >= 0.6 is 0 Å². The smallest absolute Gasteiger partial charge is 0.239 e. The molecule has 0 aliphatic carbocycles. The highest BCUT2D eigenvalue weighted by molar-refractivity contribution is 6.01. The SMILES string of the molecule is CC(C)NC(=O)CNc1ccc(N)c2ccncc12. The van der Waals surface area contributed by atoms with Crippen molar-refractivity contribution in [3.8, 4) is 0 Å². The van der Waals surface area contributed by atoms with Gasteiger partial charge in [0.05, 0.1) is 6.54 Å². The van der Waals surface area contributed by atoms with Crippen LogP contribution in [0, 0.1) is 0 Å². The van der Waals surface area contributed by atoms with E-state index in [2.05, 4.69) is 15.6 Å². The number of carbonyl (C=O) groups is 1. The van der Waals surface area contributed by atoms with E-state index in [1.165, 1.54) is 0 Å². The minimum atomic E-state index is -0.0381. The number of rotatable bonds is 4. The highest BCUT2D eigenvalue weighted by Gasteiger charge is 2.06. The Morgan fingerprint density at radius 2 is 2.11 bits per heavy atom. The first-order chi connectivity index (χ1) is 9.08. The van der Waals surface area contributed by atoms with Crippen LogP contribution in [0.3, 0.4) is 0 Å². The van der Waals surface area contributed by atoms with E-state index in [-0.39, 0.29) is 18.5 Å². The molecule has 1 heterocycles. The molecule has 0 saturated carbocycles. The molecule has 0 unspecified atom stereocenters. The maximum Gasteiger partial charge on any atom is 0.239 e. The van der Waals surface area contributed by atoms with Gasteiger partial charge in [0, 0.05) is 40.6 Å². The summed E-state index contributed by atoms with van der Waals surface area (Å²) in [5, 5.41) is 7.79. The van der Waals surface area contributed by atoms with Gasteiger partial charge in [0.1, 0.15) is 0 Å². The number of nitrogens with one attached hydrogen (secondary N) is 2. The minimum Gasteiger partial charge on any atom is -0.398 e. The van der Waals surface area contributed by atoms with Crippen LogP contribution in [0.15, 0.2) is 30.6 Å². The van der Waals surface area contributed by atoms with E-state index in [1.54, 1.807) is 12.4 Å². The van der Waals surface area contributed by atoms with Crippen LogP contribution in [-0.2, 0) is 4.79 Å². The number of anilines is 2. The zero-order valence-electron chi connectivity index (χ0n) is 11.1. The Kier molecular flexibility index (Phi) is 3.85. The second kappa shape index (κ2) is 5.56. The topological polar surface area (TPSA) is 80.0 Å². The number of nitrogens with two attached hydrogens (primary N) is 1. The van der Waals surface area contributed by atoms with E-state index in [4.69, 9.17) is 5.73 Å². The van der Waals surface area contributed by atoms with Crippen molar-refractivity contribution in [1.82, 2.24) is 10.3 Å². The summed E-state index contributed by atoms with van der Waals surface area (Å²) in [6, 6.07) is 5.69. The lowest BCUT2D eigenvalue weighted by Gasteiger charge is -2.12. The number of nitrogens with zero attached hydrogens (tertiary/aromatic N) is 1. The number of hydrogen-bond donors (Lipinski definition) is 3. The van der Waals surface area contributed by atoms with Gasteiger partial charge in [-0.15, -0.1) is 0 Å². The summed E-state index contributed by atoms with van der Waals surface area (Å²) in [4.78, 5) is 15.7. The molecule has 100 valence electrons. The van der Waals surface area contributed by atoms with Crippen molar-refractivity contribution in [1.29, 1.82) is 0 Å². The molecule has 5 heteroatoms. The van der Waals surface area contributed by atoms with Gasteiger partial charge >= 0.3 is 0 Å². The van der Waals surface area contributed by atoms with Crippen LogP contribution in [-0.4, -0.2) is 23.5 Å². The molecule has 0 aliphatic rings. The molecule has 0 atom stereocenters. The van der Waals surface area contributed by atoms with Crippen molar-refractivity contribution < 1.29 is 4.79 Å². The molecular weight excluding hydrogens is 240 g/mol. The first-order valence-corrected chi connectivity index (χ1v) is 6.23. The lowest BCUT2D eigenvalue weighted by molar-refractivity contribution is -0.119. The van der Waals surface area contributed by atoms with E-state index in [1.807, 2.05) is 32.0 Å². The van der Waals surface area contributed by atoms with E-state index in [0.29, 0.717) is 5.69 Å². The van der Waals surface area contributed by atoms with Gasteiger partial charge in [0.25, 0.3) is 0 Å². The van der Waals surface area contributed by atoms with E-state index >= 15 is 0 Å². The maximum absolute atomic E-state index is 11.6. The van der Waals surface area contributed by atoms with Crippen molar-refractivity contribution in [2.24, 2.45) is 0 Å². The fraction of sp³-hybridized carbons (Fsp3) is 0.286. The molecule has 0 bridgehead atoms. The molecule has 0 radical (unpaired) electrons. The van der Waals surface area contributed by atoms with Gasteiger partial charge in [-0.05, 0) is 32.0 Å². The second-order valence-electron chi connectivity index (χ2n) is 4.70. The maximum atomic E-state index is 11.6. The highest BCUT2D eigenvalue weighted by atomic mass is 16.1. The number of nitrogen functional groups attached to an aromatic ring is 1. The number of pyridine rings is 1. The predicted octanol–water partition coefficient (Wildman–Crippen LogP) is 1.75. The molecule has 0 spiro atoms. The van der Waals surface area contributed by atoms with Gasteiger partial charge in [-0.1, -0.05) is 0 Å². The first kappa shape index (κ1) is 13.1. The summed E-state index contributed by atoms with van der Waals surface area (Å²) in [5.41, 5.74) is 7.47. The molecule has 2 aromatic rings. The third-order valence-electron chi connectivity index (χ3n) is 2.74. The van der Waals surface area contributed by atoms with Gasteiger partial charge in [-0.3, -0.25) is 9.78 Å². The zero-order chi connectivity index (χ0) is 13.8. The second-order valence-corrected chi connectivity index (χ2v) is 4.70. The monoisotopic (exact) mass is 258 g/mol. The number of aromatic nitrogens is 1. The van der Waals surface area contributed by atoms with Crippen LogP contribution in [0.1, 0.15) is 13.8 Å². The summed E-state index contributed by atoms with van der Waals surface area (Å²) >= 11 is 0. The predicted molar refractivity (Wildman–Crippen MR) is 77.9 cm³/mol. The summed E-state index contributed by atoms with van der Waals surface area (Å²) in [6.07, 6.45) is 3.45. The largest absolute Gasteiger partial charge is 0.398 e. The van der Waals surface area contributed by atoms with Crippen molar-refractivity contribution in [2.45, 2.75) is 19.9 Å². The quantitative estimate of drug-likeness (QED) is 0.730. The third-order valence-corrected chi connectivity index (χ3v) is 2.74. The van der Waals surface area contributed by atoms with Crippen LogP contribution in [0.25, 0.3) is 10.8 Å². The Hall–Kier alpha value is -2.30. The third kappa shape index (κ3) is 3.13. The van der Waals surface area contributed by atoms with Crippen molar-refractivity contribution in [3.05, 3.63) is 30.6 Å². The van der Waals surface area contributed by atoms with E-state index in [0.717, 1.165) is 16.5 Å². The Balaban J connectivity index is 2.17. The molecule has 5 nitrogen and oxygen atoms in total. The van der Waals surface area contributed by atoms with Crippen LogP contribution in [0.2, 0.25) is 0 Å². The molecule has 0 saturated heterocycles. The molecule has 1 aromatic heterocycles. The average molecular weight is 258 g/mol. The summed E-state index contributed by atoms with van der Waals surface area (Å²) < 4.78 is 0. The molecule has 1 amide bonds. The summed E-state index contributed by atoms with van der Waals surface area (Å²) in [6.45, 7) is 4.09. The first-order valence-electron chi connectivity index (χ1n) is 6.23. The lowest BCUT2D eigenvalue weighted by Crippen LogP contribution is -2.34. The Labute approximate surface area is 112 Å². The average Bonchev–Trinajstić information content (AvgIpc) is 2.37. The van der Waals surface area contributed by atoms with Crippen molar-refractivity contribution >= 4 is 28.1 Å². The molecule has 2 rings (SSSR count). The molecule has 4 N–H and O–H groups in total. The van der Waals surface area contributed by atoms with Crippen molar-refractivity contribution in [3.63, 3.8) is 0 Å². The van der Waals surface area contributed by atoms with Gasteiger partial charge in [0.15, 0.2) is 0 Å². The zero-order valence-corrected chi connectivity index (χ0v) is 11.1. The molecular formula is C14H18N4O. The van der Waals surface area contributed by atoms with Gasteiger partial charge in [-0.25, -0.2) is 0 Å². The molecule has 1 aromatic carbocycles. The fourth-order valence-electron chi connectivity index (χ4n) is 1.92. The van der Waals surface area contributed by atoms with E-state index < -0.39 is 0 Å². The lowest BCUT2D eigenvalue weighted by atomic mass is 10.1. The molecule has 0 aliphatic heterocycles. The Morgan fingerprint density at radius 3 is 2.84 bits per heavy atom. The standard InChI is InChI=1S/C14H18N4O/c1-9(2)18-14(19)8-17-13-4-3-12(15)10-5-6-16-7-11(10)13/h3-7,9,17H,8,15H2,1-2H3,(H,18,19). The number of amides is 1. The van der Waals surface area contributed by atoms with Gasteiger partial charge in [-0.2, -0.15) is 0 Å². The molecule has 19 heavy (non-hydrogen) atoms. The summed E-state index contributed by atoms with van der Waals surface area (Å²) in [5.74, 6) is -0.0381. The Bertz CT molecular complexity index is 595. The number of fused-ring (bicyclic) bond motifs is 1. The molecule has 0 fully saturated rings. The minimum absolute atomic E-state index is 0.0381. The highest BCUT2D eigenvalue weighted by Crippen LogP contribution is 2.27. The number of hydrogen-bond acceptors (Lipinski definition) is 4. The van der Waals surface area contributed by atoms with E-state index in [9.17, 15) is 4.79 Å².